The van der Waals surface area contributed by atoms with Gasteiger partial charge >= 0.3 is 12.1 Å². The van der Waals surface area contributed by atoms with Gasteiger partial charge in [0, 0.05) is 11.6 Å². The largest absolute Gasteiger partial charge is 0.477 e. The summed E-state index contributed by atoms with van der Waals surface area (Å²) in [5.41, 5.74) is 1.27. The van der Waals surface area contributed by atoms with Gasteiger partial charge in [0.2, 0.25) is 0 Å². The van der Waals surface area contributed by atoms with Crippen LogP contribution in [0.15, 0.2) is 53.8 Å². The van der Waals surface area contributed by atoms with Crippen molar-refractivity contribution in [1.82, 2.24) is 10.2 Å². The topological polar surface area (TPSA) is 95.9 Å². The van der Waals surface area contributed by atoms with Gasteiger partial charge in [-0.25, -0.2) is 9.59 Å². The lowest BCUT2D eigenvalue weighted by atomic mass is 10.0. The third-order valence-corrected chi connectivity index (χ3v) is 5.57. The molecule has 2 heterocycles. The molecule has 2 amide bonds. The van der Waals surface area contributed by atoms with Gasteiger partial charge in [0.15, 0.2) is 0 Å². The number of benzene rings is 1. The van der Waals surface area contributed by atoms with Gasteiger partial charge in [0.05, 0.1) is 0 Å². The zero-order valence-corrected chi connectivity index (χ0v) is 15.7. The van der Waals surface area contributed by atoms with Crippen LogP contribution < -0.4 is 5.32 Å². The van der Waals surface area contributed by atoms with Gasteiger partial charge in [-0.05, 0) is 11.1 Å². The monoisotopic (exact) mass is 408 g/mol. The standard InChI is InChI=1S/C18H17ClN2O5S/c19-8-4-7-12-10-27-16-13(15(22)21(16)14(12)17(23)24)20-18(25)26-9-11-5-2-1-3-6-11/h1-7,13,16H,8-10H2,(H,20,25)(H,23,24)/t13-,16+/m1/s1. The lowest BCUT2D eigenvalue weighted by molar-refractivity contribution is -0.148. The van der Waals surface area contributed by atoms with Gasteiger partial charge in [0.25, 0.3) is 5.91 Å². The molecule has 1 aromatic carbocycles. The lowest BCUT2D eigenvalue weighted by Crippen LogP contribution is -2.70. The Hall–Kier alpha value is -2.45. The van der Waals surface area contributed by atoms with E-state index in [0.717, 1.165) is 5.56 Å². The molecule has 1 fully saturated rings. The van der Waals surface area contributed by atoms with Gasteiger partial charge in [-0.1, -0.05) is 42.5 Å². The van der Waals surface area contributed by atoms with E-state index in [2.05, 4.69) is 5.32 Å². The summed E-state index contributed by atoms with van der Waals surface area (Å²) in [4.78, 5) is 37.2. The minimum Gasteiger partial charge on any atom is -0.477 e. The van der Waals surface area contributed by atoms with Crippen molar-refractivity contribution in [3.63, 3.8) is 0 Å². The number of thioether (sulfide) groups is 1. The van der Waals surface area contributed by atoms with E-state index in [-0.39, 0.29) is 18.2 Å². The Bertz CT molecular complexity index is 811. The molecule has 1 aromatic rings. The SMILES string of the molecule is O=C(N[C@@H]1C(=O)N2C(C(=O)O)=C(C=CCCl)CS[C@@H]12)OCc1ccccc1. The Balaban J connectivity index is 1.64. The molecule has 9 heteroatoms. The molecular weight excluding hydrogens is 392 g/mol. The Morgan fingerprint density at radius 2 is 2.11 bits per heavy atom. The van der Waals surface area contributed by atoms with E-state index in [1.54, 1.807) is 12.2 Å². The summed E-state index contributed by atoms with van der Waals surface area (Å²) < 4.78 is 5.13. The number of carboxylic acids is 1. The van der Waals surface area contributed by atoms with Crippen LogP contribution in [0.3, 0.4) is 0 Å². The number of nitrogens with one attached hydrogen (secondary N) is 1. The first-order valence-corrected chi connectivity index (χ1v) is 9.72. The van der Waals surface area contributed by atoms with E-state index in [1.807, 2.05) is 30.3 Å². The molecule has 2 aliphatic rings. The van der Waals surface area contributed by atoms with Gasteiger partial charge < -0.3 is 15.2 Å². The Kier molecular flexibility index (Phi) is 6.08. The number of nitrogens with zero attached hydrogens (tertiary/aromatic N) is 1. The van der Waals surface area contributed by atoms with Crippen molar-refractivity contribution < 1.29 is 24.2 Å². The maximum Gasteiger partial charge on any atom is 0.408 e. The fourth-order valence-electron chi connectivity index (χ4n) is 2.85. The van der Waals surface area contributed by atoms with E-state index < -0.39 is 29.4 Å². The Labute approximate surface area is 165 Å². The van der Waals surface area contributed by atoms with Crippen LogP contribution in [0.5, 0.6) is 0 Å². The molecule has 0 saturated carbocycles. The summed E-state index contributed by atoms with van der Waals surface area (Å²) >= 11 is 6.98. The summed E-state index contributed by atoms with van der Waals surface area (Å²) in [6.07, 6.45) is 2.52. The summed E-state index contributed by atoms with van der Waals surface area (Å²) in [7, 11) is 0. The predicted molar refractivity (Wildman–Crippen MR) is 101 cm³/mol. The Morgan fingerprint density at radius 1 is 1.37 bits per heavy atom. The number of rotatable bonds is 6. The number of carbonyl (C=O) groups excluding carboxylic acids is 2. The van der Waals surface area contributed by atoms with Crippen LogP contribution in [0.25, 0.3) is 0 Å². The minimum atomic E-state index is -1.19. The number of halogens is 1. The fraction of sp³-hybridized carbons (Fsp3) is 0.278. The number of alkyl halides is 1. The third kappa shape index (κ3) is 4.12. The van der Waals surface area contributed by atoms with Crippen LogP contribution in [-0.4, -0.2) is 51.0 Å². The van der Waals surface area contributed by atoms with Crippen LogP contribution in [0.1, 0.15) is 5.56 Å². The van der Waals surface area contributed by atoms with Crippen molar-refractivity contribution in [2.75, 3.05) is 11.6 Å². The summed E-state index contributed by atoms with van der Waals surface area (Å²) in [6.45, 7) is 0.0861. The summed E-state index contributed by atoms with van der Waals surface area (Å²) in [6, 6.07) is 8.35. The smallest absolute Gasteiger partial charge is 0.408 e. The molecule has 2 aliphatic heterocycles. The number of hydrogen-bond donors (Lipinski definition) is 2. The van der Waals surface area contributed by atoms with Crippen LogP contribution in [0, 0.1) is 0 Å². The van der Waals surface area contributed by atoms with Crippen LogP contribution >= 0.6 is 23.4 Å². The Morgan fingerprint density at radius 3 is 2.78 bits per heavy atom. The molecule has 7 nitrogen and oxygen atoms in total. The molecule has 142 valence electrons. The molecule has 0 aromatic heterocycles. The molecule has 0 spiro atoms. The fourth-order valence-corrected chi connectivity index (χ4v) is 4.26. The number of ether oxygens (including phenoxy) is 1. The van der Waals surface area contributed by atoms with E-state index in [9.17, 15) is 19.5 Å². The molecule has 0 bridgehead atoms. The summed E-state index contributed by atoms with van der Waals surface area (Å²) in [5, 5.41) is 11.5. The highest BCUT2D eigenvalue weighted by Gasteiger charge is 2.54. The number of fused-ring (bicyclic) bond motifs is 1. The number of allylic oxidation sites excluding steroid dienone is 2. The van der Waals surface area contributed by atoms with E-state index >= 15 is 0 Å². The van der Waals surface area contributed by atoms with Crippen molar-refractivity contribution in [2.45, 2.75) is 18.0 Å². The normalized spacial score (nSPS) is 21.7. The lowest BCUT2D eigenvalue weighted by Gasteiger charge is -2.49. The molecule has 1 saturated heterocycles. The van der Waals surface area contributed by atoms with Crippen LogP contribution in [0.4, 0.5) is 4.79 Å². The zero-order chi connectivity index (χ0) is 19.4. The van der Waals surface area contributed by atoms with E-state index in [1.165, 1.54) is 16.7 Å². The first kappa shape index (κ1) is 19.3. The highest BCUT2D eigenvalue weighted by Crippen LogP contribution is 2.40. The molecule has 2 N–H and O–H groups in total. The van der Waals surface area contributed by atoms with Crippen molar-refractivity contribution in [3.8, 4) is 0 Å². The molecule has 0 radical (unpaired) electrons. The van der Waals surface area contributed by atoms with Crippen LogP contribution in [-0.2, 0) is 20.9 Å². The molecular formula is C18H17ClN2O5S. The van der Waals surface area contributed by atoms with E-state index in [0.29, 0.717) is 11.3 Å². The number of β-lactam (4-membered cyclic amide) rings is 1. The molecule has 2 atom stereocenters. The van der Waals surface area contributed by atoms with Crippen molar-refractivity contribution in [3.05, 3.63) is 59.3 Å². The molecule has 3 rings (SSSR count). The molecule has 27 heavy (non-hydrogen) atoms. The minimum absolute atomic E-state index is 0.0687. The van der Waals surface area contributed by atoms with Gasteiger partial charge in [-0.2, -0.15) is 0 Å². The second kappa shape index (κ2) is 8.49. The van der Waals surface area contributed by atoms with Gasteiger partial charge in [-0.3, -0.25) is 9.69 Å². The predicted octanol–water partition coefficient (Wildman–Crippen LogP) is 2.33. The zero-order valence-electron chi connectivity index (χ0n) is 14.1. The average molecular weight is 409 g/mol. The number of alkyl carbamates (subject to hydrolysis) is 1. The summed E-state index contributed by atoms with van der Waals surface area (Å²) in [5.74, 6) is -1.01. The number of hydrogen-bond acceptors (Lipinski definition) is 5. The highest BCUT2D eigenvalue weighted by molar-refractivity contribution is 8.00. The molecule has 0 unspecified atom stereocenters. The number of carbonyl (C=O) groups is 3. The van der Waals surface area contributed by atoms with Crippen molar-refractivity contribution in [1.29, 1.82) is 0 Å². The van der Waals surface area contributed by atoms with Gasteiger partial charge in [0.1, 0.15) is 23.7 Å². The average Bonchev–Trinajstić information content (AvgIpc) is 2.68. The van der Waals surface area contributed by atoms with Crippen molar-refractivity contribution in [2.24, 2.45) is 0 Å². The quantitative estimate of drug-likeness (QED) is 0.554. The second-order valence-corrected chi connectivity index (χ2v) is 7.24. The first-order valence-electron chi connectivity index (χ1n) is 8.13. The highest BCUT2D eigenvalue weighted by atomic mass is 35.5. The second-order valence-electron chi connectivity index (χ2n) is 5.83. The maximum absolute atomic E-state index is 12.4. The van der Waals surface area contributed by atoms with Gasteiger partial charge in [-0.15, -0.1) is 23.4 Å². The van der Waals surface area contributed by atoms with Crippen molar-refractivity contribution >= 4 is 41.3 Å². The van der Waals surface area contributed by atoms with Crippen LogP contribution in [0.2, 0.25) is 0 Å². The number of amides is 2. The molecule has 0 aliphatic carbocycles. The van der Waals surface area contributed by atoms with E-state index in [4.69, 9.17) is 16.3 Å². The maximum atomic E-state index is 12.4. The third-order valence-electron chi connectivity index (χ3n) is 4.09. The number of carboxylic acid groups (broad SMARTS) is 1. The first-order chi connectivity index (χ1) is 13.0. The number of aliphatic carboxylic acids is 1.